The van der Waals surface area contributed by atoms with Crippen LogP contribution in [0.5, 0.6) is 0 Å². The molecule has 0 saturated heterocycles. The van der Waals surface area contributed by atoms with Crippen molar-refractivity contribution in [3.63, 3.8) is 0 Å². The highest BCUT2D eigenvalue weighted by Gasteiger charge is 2.29. The largest absolute Gasteiger partial charge is 0.318 e. The van der Waals surface area contributed by atoms with Crippen LogP contribution in [0.3, 0.4) is 0 Å². The molecule has 0 N–H and O–H groups in total. The van der Waals surface area contributed by atoms with Gasteiger partial charge in [-0.25, -0.2) is 8.42 Å². The Balaban J connectivity index is 1.93. The van der Waals surface area contributed by atoms with Gasteiger partial charge in [0.15, 0.2) is 0 Å². The zero-order valence-electron chi connectivity index (χ0n) is 12.6. The summed E-state index contributed by atoms with van der Waals surface area (Å²) >= 11 is 1.34. The first-order chi connectivity index (χ1) is 10.4. The summed E-state index contributed by atoms with van der Waals surface area (Å²) in [6.07, 6.45) is 3.16. The van der Waals surface area contributed by atoms with Crippen LogP contribution < -0.4 is 5.56 Å². The van der Waals surface area contributed by atoms with Gasteiger partial charge in [-0.2, -0.15) is 4.31 Å². The maximum Gasteiger partial charge on any atom is 0.252 e. The van der Waals surface area contributed by atoms with Gasteiger partial charge in [0.25, 0.3) is 15.6 Å². The summed E-state index contributed by atoms with van der Waals surface area (Å²) in [4.78, 5) is 12.7. The molecule has 0 bridgehead atoms. The van der Waals surface area contributed by atoms with Crippen molar-refractivity contribution >= 4 is 21.4 Å². The molecule has 0 radical (unpaired) electrons. The molecule has 0 saturated carbocycles. The van der Waals surface area contributed by atoms with Crippen LogP contribution in [0.25, 0.3) is 0 Å². The molecule has 2 aromatic heterocycles. The van der Waals surface area contributed by atoms with E-state index in [4.69, 9.17) is 0 Å². The molecule has 0 aromatic carbocycles. The summed E-state index contributed by atoms with van der Waals surface area (Å²) in [5.74, 6) is 0. The van der Waals surface area contributed by atoms with Crippen LogP contribution in [0.15, 0.2) is 33.4 Å². The minimum absolute atomic E-state index is 0.0547. The van der Waals surface area contributed by atoms with Gasteiger partial charge >= 0.3 is 0 Å². The molecule has 3 rings (SSSR count). The number of thiophene rings is 1. The second-order valence-electron chi connectivity index (χ2n) is 5.44. The van der Waals surface area contributed by atoms with Crippen molar-refractivity contribution in [2.75, 3.05) is 6.54 Å². The van der Waals surface area contributed by atoms with Crippen molar-refractivity contribution in [2.45, 2.75) is 30.5 Å². The number of aromatic nitrogens is 1. The summed E-state index contributed by atoms with van der Waals surface area (Å²) in [6.45, 7) is 2.76. The highest BCUT2D eigenvalue weighted by Crippen LogP contribution is 2.28. The van der Waals surface area contributed by atoms with Crippen LogP contribution in [0.2, 0.25) is 0 Å². The minimum atomic E-state index is -3.45. The van der Waals surface area contributed by atoms with Gasteiger partial charge in [0.1, 0.15) is 4.21 Å². The smallest absolute Gasteiger partial charge is 0.252 e. The molecule has 0 fully saturated rings. The lowest BCUT2D eigenvalue weighted by Crippen LogP contribution is -2.36. The van der Waals surface area contributed by atoms with E-state index in [1.165, 1.54) is 20.2 Å². The van der Waals surface area contributed by atoms with Gasteiger partial charge in [0, 0.05) is 37.3 Å². The van der Waals surface area contributed by atoms with Crippen molar-refractivity contribution < 1.29 is 8.42 Å². The van der Waals surface area contributed by atoms with Gasteiger partial charge in [-0.3, -0.25) is 4.79 Å². The summed E-state index contributed by atoms with van der Waals surface area (Å²) in [7, 11) is -1.77. The van der Waals surface area contributed by atoms with Crippen molar-refractivity contribution in [1.82, 2.24) is 8.87 Å². The minimum Gasteiger partial charge on any atom is -0.318 e. The van der Waals surface area contributed by atoms with Crippen LogP contribution in [0.1, 0.15) is 22.9 Å². The molecule has 0 aliphatic carbocycles. The number of aryl methyl sites for hydroxylation is 2. The van der Waals surface area contributed by atoms with Gasteiger partial charge in [-0.05, 0) is 36.1 Å². The third kappa shape index (κ3) is 2.64. The Morgan fingerprint density at radius 2 is 2.05 bits per heavy atom. The molecular weight excluding hydrogens is 320 g/mol. The van der Waals surface area contributed by atoms with Crippen LogP contribution in [0, 0.1) is 0 Å². The summed E-state index contributed by atoms with van der Waals surface area (Å²) in [5, 5.41) is 0. The lowest BCUT2D eigenvalue weighted by atomic mass is 10.0. The van der Waals surface area contributed by atoms with Crippen molar-refractivity contribution in [3.05, 3.63) is 50.8 Å². The molecular formula is C15H18N2O3S2. The average Bonchev–Trinajstić information content (AvgIpc) is 2.97. The first kappa shape index (κ1) is 15.5. The van der Waals surface area contributed by atoms with E-state index in [0.29, 0.717) is 23.7 Å². The van der Waals surface area contributed by atoms with Crippen molar-refractivity contribution in [3.8, 4) is 0 Å². The molecule has 22 heavy (non-hydrogen) atoms. The second kappa shape index (κ2) is 5.64. The summed E-state index contributed by atoms with van der Waals surface area (Å²) < 4.78 is 28.9. The highest BCUT2D eigenvalue weighted by molar-refractivity contribution is 7.91. The SMILES string of the molecule is CCc1ccc(S(=O)(=O)N2CCc3cc(=O)n(C)cc3C2)s1. The van der Waals surface area contributed by atoms with Crippen molar-refractivity contribution in [2.24, 2.45) is 7.05 Å². The fourth-order valence-electron chi connectivity index (χ4n) is 2.63. The van der Waals surface area contributed by atoms with Gasteiger partial charge in [-0.15, -0.1) is 11.3 Å². The average molecular weight is 338 g/mol. The van der Waals surface area contributed by atoms with E-state index in [1.807, 2.05) is 13.0 Å². The second-order valence-corrected chi connectivity index (χ2v) is 8.77. The lowest BCUT2D eigenvalue weighted by Gasteiger charge is -2.27. The fraction of sp³-hybridized carbons (Fsp3) is 0.400. The van der Waals surface area contributed by atoms with Gasteiger partial charge in [-0.1, -0.05) is 6.92 Å². The third-order valence-corrected chi connectivity index (χ3v) is 7.51. The van der Waals surface area contributed by atoms with Crippen LogP contribution in [-0.4, -0.2) is 23.8 Å². The fourth-order valence-corrected chi connectivity index (χ4v) is 5.50. The van der Waals surface area contributed by atoms with E-state index < -0.39 is 10.0 Å². The maximum absolute atomic E-state index is 12.7. The number of pyridine rings is 1. The monoisotopic (exact) mass is 338 g/mol. The number of fused-ring (bicyclic) bond motifs is 1. The molecule has 118 valence electrons. The number of sulfonamides is 1. The summed E-state index contributed by atoms with van der Waals surface area (Å²) in [5.41, 5.74) is 1.81. The Morgan fingerprint density at radius 3 is 2.73 bits per heavy atom. The molecule has 3 heterocycles. The van der Waals surface area contributed by atoms with Crippen molar-refractivity contribution in [1.29, 1.82) is 0 Å². The topological polar surface area (TPSA) is 59.4 Å². The Hall–Kier alpha value is -1.44. The number of nitrogens with zero attached hydrogens (tertiary/aromatic N) is 2. The molecule has 0 spiro atoms. The molecule has 0 amide bonds. The zero-order valence-corrected chi connectivity index (χ0v) is 14.2. The highest BCUT2D eigenvalue weighted by atomic mass is 32.2. The number of rotatable bonds is 3. The molecule has 5 nitrogen and oxygen atoms in total. The Bertz CT molecular complexity index is 865. The van der Waals surface area contributed by atoms with Gasteiger partial charge in [0.05, 0.1) is 0 Å². The van der Waals surface area contributed by atoms with E-state index in [9.17, 15) is 13.2 Å². The molecule has 1 aliphatic heterocycles. The Kier molecular flexibility index (Phi) is 3.96. The quantitative estimate of drug-likeness (QED) is 0.857. The van der Waals surface area contributed by atoms with Crippen LogP contribution in [0.4, 0.5) is 0 Å². The van der Waals surface area contributed by atoms with Gasteiger partial charge in [0.2, 0.25) is 0 Å². The standard InChI is InChI=1S/C15H18N2O3S2/c1-3-13-4-5-15(21-13)22(19,20)17-7-6-11-8-14(18)16(2)9-12(11)10-17/h4-5,8-9H,3,6-7,10H2,1-2H3. The Morgan fingerprint density at radius 1 is 1.27 bits per heavy atom. The van der Waals surface area contributed by atoms with Crippen LogP contribution >= 0.6 is 11.3 Å². The van der Waals surface area contributed by atoms with Gasteiger partial charge < -0.3 is 4.57 Å². The zero-order chi connectivity index (χ0) is 15.9. The summed E-state index contributed by atoms with van der Waals surface area (Å²) in [6, 6.07) is 5.17. The molecule has 7 heteroatoms. The molecule has 0 unspecified atom stereocenters. The van der Waals surface area contributed by atoms with Crippen LogP contribution in [-0.2, 0) is 36.5 Å². The normalized spacial score (nSPS) is 15.7. The molecule has 0 atom stereocenters. The number of hydrogen-bond donors (Lipinski definition) is 0. The third-order valence-electron chi connectivity index (χ3n) is 3.96. The molecule has 1 aliphatic rings. The molecule has 2 aromatic rings. The van der Waals surface area contributed by atoms with E-state index in [0.717, 1.165) is 22.4 Å². The van der Waals surface area contributed by atoms with E-state index in [1.54, 1.807) is 25.4 Å². The first-order valence-electron chi connectivity index (χ1n) is 7.19. The Labute approximate surface area is 133 Å². The first-order valence-corrected chi connectivity index (χ1v) is 9.44. The maximum atomic E-state index is 12.7. The predicted molar refractivity (Wildman–Crippen MR) is 86.7 cm³/mol. The number of hydrogen-bond acceptors (Lipinski definition) is 4. The van der Waals surface area contributed by atoms with E-state index >= 15 is 0 Å². The lowest BCUT2D eigenvalue weighted by molar-refractivity contribution is 0.390. The van der Waals surface area contributed by atoms with E-state index in [-0.39, 0.29) is 5.56 Å². The van der Waals surface area contributed by atoms with E-state index in [2.05, 4.69) is 0 Å². The predicted octanol–water partition coefficient (Wildman–Crippen LogP) is 1.76.